The second-order valence-electron chi connectivity index (χ2n) is 6.49. The molecule has 0 atom stereocenters. The van der Waals surface area contributed by atoms with Crippen LogP contribution in [-0.4, -0.2) is 35.3 Å². The van der Waals surface area contributed by atoms with Gasteiger partial charge < -0.3 is 18.7 Å². The molecule has 1 heterocycles. The minimum absolute atomic E-state index is 0.347. The molecule has 0 aliphatic rings. The quantitative estimate of drug-likeness (QED) is 0.207. The average molecular weight is 422 g/mol. The molecule has 0 amide bonds. The van der Waals surface area contributed by atoms with E-state index in [-0.39, 0.29) is 5.97 Å². The molecule has 2 aromatic carbocycles. The lowest BCUT2D eigenvalue weighted by molar-refractivity contribution is -0.138. The van der Waals surface area contributed by atoms with Crippen LogP contribution in [0.4, 0.5) is 0 Å². The molecular weight excluding hydrogens is 400 g/mol. The number of hydrogen-bond acceptors (Lipinski definition) is 8. The van der Waals surface area contributed by atoms with Crippen LogP contribution in [0.1, 0.15) is 19.8 Å². The van der Waals surface area contributed by atoms with Gasteiger partial charge in [-0.05, 0) is 61.4 Å². The third-order valence-corrected chi connectivity index (χ3v) is 4.12. The number of nitrogens with zero attached hydrogens (tertiary/aromatic N) is 2. The summed E-state index contributed by atoms with van der Waals surface area (Å²) in [5, 5.41) is 4.02. The highest BCUT2D eigenvalue weighted by molar-refractivity contribution is 5.81. The molecule has 3 rings (SSSR count). The summed E-state index contributed by atoms with van der Waals surface area (Å²) in [6, 6.07) is 14.2. The zero-order valence-corrected chi connectivity index (χ0v) is 17.1. The summed E-state index contributed by atoms with van der Waals surface area (Å²) in [5.74, 6) is 1.19. The number of carbonyl (C=O) groups excluding carboxylic acids is 2. The minimum atomic E-state index is -0.417. The predicted molar refractivity (Wildman–Crippen MR) is 112 cm³/mol. The SMILES string of the molecule is C=CC(=O)OCCCCOc1ccc(-c2noc(-c3ccc(OC(C)=O)cc3)n2)cc1. The maximum Gasteiger partial charge on any atom is 0.330 e. The Bertz CT molecular complexity index is 1020. The van der Waals surface area contributed by atoms with E-state index in [1.54, 1.807) is 24.3 Å². The van der Waals surface area contributed by atoms with Crippen molar-refractivity contribution in [1.82, 2.24) is 10.1 Å². The monoisotopic (exact) mass is 422 g/mol. The van der Waals surface area contributed by atoms with Crippen molar-refractivity contribution >= 4 is 11.9 Å². The largest absolute Gasteiger partial charge is 0.494 e. The maximum atomic E-state index is 11.0. The lowest BCUT2D eigenvalue weighted by Crippen LogP contribution is -2.04. The van der Waals surface area contributed by atoms with Crippen molar-refractivity contribution < 1.29 is 28.3 Å². The number of ether oxygens (including phenoxy) is 3. The molecule has 1 aromatic heterocycles. The van der Waals surface area contributed by atoms with E-state index in [2.05, 4.69) is 16.7 Å². The van der Waals surface area contributed by atoms with Crippen molar-refractivity contribution in [2.24, 2.45) is 0 Å². The van der Waals surface area contributed by atoms with Gasteiger partial charge in [0.2, 0.25) is 5.82 Å². The summed E-state index contributed by atoms with van der Waals surface area (Å²) in [5.41, 5.74) is 1.50. The number of hydrogen-bond donors (Lipinski definition) is 0. The molecule has 0 N–H and O–H groups in total. The van der Waals surface area contributed by atoms with Crippen LogP contribution in [0, 0.1) is 0 Å². The molecule has 8 nitrogen and oxygen atoms in total. The van der Waals surface area contributed by atoms with E-state index in [1.165, 1.54) is 6.92 Å². The lowest BCUT2D eigenvalue weighted by atomic mass is 10.2. The van der Waals surface area contributed by atoms with Crippen molar-refractivity contribution in [1.29, 1.82) is 0 Å². The number of unbranched alkanes of at least 4 members (excludes halogenated alkanes) is 1. The smallest absolute Gasteiger partial charge is 0.330 e. The molecule has 0 spiro atoms. The normalized spacial score (nSPS) is 10.4. The van der Waals surface area contributed by atoms with Crippen LogP contribution in [0.25, 0.3) is 22.8 Å². The molecule has 160 valence electrons. The van der Waals surface area contributed by atoms with Gasteiger partial charge in [0, 0.05) is 24.1 Å². The summed E-state index contributed by atoms with van der Waals surface area (Å²) in [7, 11) is 0. The first-order chi connectivity index (χ1) is 15.0. The molecule has 0 aliphatic heterocycles. The molecule has 3 aromatic rings. The number of benzene rings is 2. The van der Waals surface area contributed by atoms with Gasteiger partial charge in [0.25, 0.3) is 5.89 Å². The van der Waals surface area contributed by atoms with E-state index in [9.17, 15) is 9.59 Å². The zero-order chi connectivity index (χ0) is 22.1. The molecule has 0 aliphatic carbocycles. The van der Waals surface area contributed by atoms with E-state index in [1.807, 2.05) is 24.3 Å². The van der Waals surface area contributed by atoms with E-state index < -0.39 is 5.97 Å². The van der Waals surface area contributed by atoms with Gasteiger partial charge in [0.1, 0.15) is 11.5 Å². The van der Waals surface area contributed by atoms with Crippen LogP contribution < -0.4 is 9.47 Å². The third-order valence-electron chi connectivity index (χ3n) is 4.12. The molecule has 31 heavy (non-hydrogen) atoms. The topological polar surface area (TPSA) is 101 Å². The third kappa shape index (κ3) is 6.53. The Kier molecular flexibility index (Phi) is 7.53. The van der Waals surface area contributed by atoms with Crippen LogP contribution in [0.2, 0.25) is 0 Å². The van der Waals surface area contributed by atoms with Crippen molar-refractivity contribution in [3.63, 3.8) is 0 Å². The van der Waals surface area contributed by atoms with Crippen molar-refractivity contribution in [3.05, 3.63) is 61.2 Å². The van der Waals surface area contributed by atoms with Crippen LogP contribution in [0.5, 0.6) is 11.5 Å². The first-order valence-electron chi connectivity index (χ1n) is 9.70. The van der Waals surface area contributed by atoms with Crippen LogP contribution in [0.15, 0.2) is 65.7 Å². The second-order valence-corrected chi connectivity index (χ2v) is 6.49. The Morgan fingerprint density at radius 1 is 0.968 bits per heavy atom. The van der Waals surface area contributed by atoms with E-state index >= 15 is 0 Å². The highest BCUT2D eigenvalue weighted by Crippen LogP contribution is 2.25. The maximum absolute atomic E-state index is 11.0. The molecule has 0 bridgehead atoms. The average Bonchev–Trinajstić information content (AvgIpc) is 3.26. The molecule has 0 fully saturated rings. The Balaban J connectivity index is 1.51. The number of carbonyl (C=O) groups is 2. The molecule has 0 unspecified atom stereocenters. The van der Waals surface area contributed by atoms with Gasteiger partial charge >= 0.3 is 11.9 Å². The fraction of sp³-hybridized carbons (Fsp3) is 0.217. The van der Waals surface area contributed by atoms with Gasteiger partial charge in [0.05, 0.1) is 13.2 Å². The Hall–Kier alpha value is -3.94. The summed E-state index contributed by atoms with van der Waals surface area (Å²) in [6.07, 6.45) is 2.62. The Morgan fingerprint density at radius 2 is 1.61 bits per heavy atom. The van der Waals surface area contributed by atoms with Gasteiger partial charge in [-0.2, -0.15) is 4.98 Å². The number of aromatic nitrogens is 2. The summed E-state index contributed by atoms with van der Waals surface area (Å²) in [6.45, 7) is 5.55. The minimum Gasteiger partial charge on any atom is -0.494 e. The van der Waals surface area contributed by atoms with Crippen LogP contribution >= 0.6 is 0 Å². The lowest BCUT2D eigenvalue weighted by Gasteiger charge is -2.06. The summed E-state index contributed by atoms with van der Waals surface area (Å²) in [4.78, 5) is 26.3. The zero-order valence-electron chi connectivity index (χ0n) is 17.1. The highest BCUT2D eigenvalue weighted by Gasteiger charge is 2.11. The van der Waals surface area contributed by atoms with Crippen molar-refractivity contribution in [3.8, 4) is 34.3 Å². The predicted octanol–water partition coefficient (Wildman–Crippen LogP) is 4.22. The van der Waals surface area contributed by atoms with Gasteiger partial charge in [-0.3, -0.25) is 4.79 Å². The highest BCUT2D eigenvalue weighted by atomic mass is 16.5. The van der Waals surface area contributed by atoms with Crippen molar-refractivity contribution in [2.45, 2.75) is 19.8 Å². The molecule has 0 saturated carbocycles. The Morgan fingerprint density at radius 3 is 2.29 bits per heavy atom. The van der Waals surface area contributed by atoms with E-state index in [0.29, 0.717) is 42.7 Å². The van der Waals surface area contributed by atoms with Gasteiger partial charge in [-0.1, -0.05) is 11.7 Å². The van der Waals surface area contributed by atoms with E-state index in [4.69, 9.17) is 18.7 Å². The molecule has 8 heteroatoms. The van der Waals surface area contributed by atoms with Gasteiger partial charge in [-0.25, -0.2) is 4.79 Å². The van der Waals surface area contributed by atoms with Crippen LogP contribution in [0.3, 0.4) is 0 Å². The molecular formula is C23H22N2O6. The number of rotatable bonds is 10. The van der Waals surface area contributed by atoms with Gasteiger partial charge in [-0.15, -0.1) is 0 Å². The van der Waals surface area contributed by atoms with E-state index in [0.717, 1.165) is 23.8 Å². The number of esters is 2. The first-order valence-corrected chi connectivity index (χ1v) is 9.70. The molecule has 0 radical (unpaired) electrons. The first kappa shape index (κ1) is 21.8. The van der Waals surface area contributed by atoms with Crippen LogP contribution in [-0.2, 0) is 14.3 Å². The Labute approximate surface area is 179 Å². The fourth-order valence-corrected chi connectivity index (χ4v) is 2.62. The standard InChI is InChI=1S/C23H22N2O6/c1-3-21(27)29-15-5-4-14-28-19-10-6-17(7-11-19)22-24-23(31-25-22)18-8-12-20(13-9-18)30-16(2)26/h3,6-13H,1,4-5,14-15H2,2H3. The van der Waals surface area contributed by atoms with Crippen molar-refractivity contribution in [2.75, 3.05) is 13.2 Å². The fourth-order valence-electron chi connectivity index (χ4n) is 2.62. The summed E-state index contributed by atoms with van der Waals surface area (Å²) >= 11 is 0. The molecule has 0 saturated heterocycles. The second kappa shape index (κ2) is 10.7. The summed E-state index contributed by atoms with van der Waals surface area (Å²) < 4.78 is 20.9. The van der Waals surface area contributed by atoms with Gasteiger partial charge in [0.15, 0.2) is 0 Å².